The number of aromatic nitrogens is 2. The van der Waals surface area contributed by atoms with E-state index in [9.17, 15) is 12.8 Å². The second kappa shape index (κ2) is 8.51. The van der Waals surface area contributed by atoms with Gasteiger partial charge in [0.1, 0.15) is 0 Å². The van der Waals surface area contributed by atoms with E-state index in [1.165, 1.54) is 18.5 Å². The molecule has 3 aromatic rings. The van der Waals surface area contributed by atoms with Gasteiger partial charge in [0.2, 0.25) is 5.95 Å². The topological polar surface area (TPSA) is 73.2 Å². The molecule has 6 nitrogen and oxygen atoms in total. The molecule has 0 saturated heterocycles. The van der Waals surface area contributed by atoms with Gasteiger partial charge in [-0.15, -0.1) is 0 Å². The Morgan fingerprint density at radius 1 is 1.23 bits per heavy atom. The van der Waals surface area contributed by atoms with E-state index < -0.39 is 16.0 Å². The van der Waals surface area contributed by atoms with Crippen molar-refractivity contribution < 1.29 is 17.5 Å². The normalized spacial score (nSPS) is 14.5. The zero-order valence-electron chi connectivity index (χ0n) is 16.5. The number of halogens is 1. The highest BCUT2D eigenvalue weighted by molar-refractivity contribution is 7.90. The van der Waals surface area contributed by atoms with Crippen LogP contribution in [-0.2, 0) is 21.3 Å². The number of pyridine rings is 1. The van der Waals surface area contributed by atoms with Crippen LogP contribution in [0.3, 0.4) is 0 Å². The van der Waals surface area contributed by atoms with Crippen LogP contribution in [0, 0.1) is 5.95 Å². The van der Waals surface area contributed by atoms with Gasteiger partial charge in [-0.2, -0.15) is 4.39 Å². The monoisotopic (exact) mass is 427 g/mol. The van der Waals surface area contributed by atoms with Crippen molar-refractivity contribution in [1.82, 2.24) is 14.3 Å². The van der Waals surface area contributed by atoms with Gasteiger partial charge in [-0.05, 0) is 60.5 Å². The van der Waals surface area contributed by atoms with Gasteiger partial charge in [-0.3, -0.25) is 0 Å². The van der Waals surface area contributed by atoms with Crippen LogP contribution in [0.4, 0.5) is 4.39 Å². The molecule has 0 unspecified atom stereocenters. The number of hydrogen-bond acceptors (Lipinski definition) is 5. The molecule has 0 spiro atoms. The number of nitrogens with one attached hydrogen (secondary N) is 1. The number of ether oxygens (including phenoxy) is 1. The number of rotatable bonds is 6. The standard InChI is InChI=1S/C22H22FN3O3S/c1-24-14-16-12-21(20-6-3-9-25-22(20)23)26(15-16)30(27,28)19-5-2-4-18(13-19)17-7-10-29-11-8-17/h2-7,9,12-13,15,24H,8,10-11,14H2,1H3. The lowest BCUT2D eigenvalue weighted by Crippen LogP contribution is -2.14. The molecular weight excluding hydrogens is 405 g/mol. The summed E-state index contributed by atoms with van der Waals surface area (Å²) in [5.41, 5.74) is 2.99. The molecule has 0 radical (unpaired) electrons. The summed E-state index contributed by atoms with van der Waals surface area (Å²) in [7, 11) is -2.19. The Kier molecular flexibility index (Phi) is 5.80. The number of nitrogens with zero attached hydrogens (tertiary/aromatic N) is 2. The molecule has 0 saturated carbocycles. The first-order valence-electron chi connectivity index (χ1n) is 9.60. The molecule has 0 bridgehead atoms. The number of hydrogen-bond donors (Lipinski definition) is 1. The molecule has 0 fully saturated rings. The Balaban J connectivity index is 1.83. The fraction of sp³-hybridized carbons (Fsp3) is 0.227. The van der Waals surface area contributed by atoms with Gasteiger partial charge in [0, 0.05) is 18.9 Å². The second-order valence-electron chi connectivity index (χ2n) is 6.99. The average Bonchev–Trinajstić information content (AvgIpc) is 3.20. The van der Waals surface area contributed by atoms with Crippen molar-refractivity contribution >= 4 is 15.6 Å². The van der Waals surface area contributed by atoms with Crippen molar-refractivity contribution in [1.29, 1.82) is 0 Å². The zero-order valence-corrected chi connectivity index (χ0v) is 17.3. The van der Waals surface area contributed by atoms with E-state index in [1.807, 2.05) is 12.1 Å². The fourth-order valence-electron chi connectivity index (χ4n) is 3.53. The molecule has 156 valence electrons. The molecule has 1 aliphatic heterocycles. The molecule has 30 heavy (non-hydrogen) atoms. The molecule has 1 aromatic carbocycles. The van der Waals surface area contributed by atoms with Crippen LogP contribution in [0.2, 0.25) is 0 Å². The lowest BCUT2D eigenvalue weighted by atomic mass is 10.0. The Morgan fingerprint density at radius 3 is 2.83 bits per heavy atom. The van der Waals surface area contributed by atoms with Crippen molar-refractivity contribution in [3.63, 3.8) is 0 Å². The molecule has 8 heteroatoms. The molecule has 0 atom stereocenters. The zero-order chi connectivity index (χ0) is 21.1. The maximum atomic E-state index is 14.4. The SMILES string of the molecule is CNCc1cc(-c2cccnc2F)n(S(=O)(=O)c2cccc(C3=CCOCC3)c2)c1. The Bertz CT molecular complexity index is 1200. The minimum atomic E-state index is -3.96. The summed E-state index contributed by atoms with van der Waals surface area (Å²) in [6, 6.07) is 11.6. The van der Waals surface area contributed by atoms with Crippen molar-refractivity contribution in [3.8, 4) is 11.3 Å². The van der Waals surface area contributed by atoms with E-state index in [1.54, 1.807) is 37.4 Å². The maximum absolute atomic E-state index is 14.4. The van der Waals surface area contributed by atoms with Gasteiger partial charge < -0.3 is 10.1 Å². The average molecular weight is 428 g/mol. The minimum Gasteiger partial charge on any atom is -0.377 e. The molecule has 4 rings (SSSR count). The van der Waals surface area contributed by atoms with Crippen LogP contribution in [-0.4, -0.2) is 37.6 Å². The summed E-state index contributed by atoms with van der Waals surface area (Å²) in [5.74, 6) is -0.718. The van der Waals surface area contributed by atoms with E-state index in [-0.39, 0.29) is 16.2 Å². The Morgan fingerprint density at radius 2 is 2.10 bits per heavy atom. The summed E-state index contributed by atoms with van der Waals surface area (Å²) < 4.78 is 48.0. The first kappa shape index (κ1) is 20.5. The van der Waals surface area contributed by atoms with Gasteiger partial charge in [-0.1, -0.05) is 18.2 Å². The van der Waals surface area contributed by atoms with Crippen LogP contribution < -0.4 is 5.32 Å². The summed E-state index contributed by atoms with van der Waals surface area (Å²) in [6.07, 6.45) is 5.55. The predicted octanol–water partition coefficient (Wildman–Crippen LogP) is 3.45. The van der Waals surface area contributed by atoms with Crippen LogP contribution in [0.5, 0.6) is 0 Å². The molecule has 0 aliphatic carbocycles. The summed E-state index contributed by atoms with van der Waals surface area (Å²) in [5, 5.41) is 3.00. The number of benzene rings is 1. The van der Waals surface area contributed by atoms with Gasteiger partial charge in [0.15, 0.2) is 0 Å². The van der Waals surface area contributed by atoms with Crippen LogP contribution in [0.25, 0.3) is 16.8 Å². The summed E-state index contributed by atoms with van der Waals surface area (Å²) in [4.78, 5) is 3.82. The van der Waals surface area contributed by atoms with E-state index in [4.69, 9.17) is 4.74 Å². The van der Waals surface area contributed by atoms with Crippen LogP contribution in [0.1, 0.15) is 17.5 Å². The third-order valence-electron chi connectivity index (χ3n) is 4.98. The summed E-state index contributed by atoms with van der Waals surface area (Å²) in [6.45, 7) is 1.57. The fourth-order valence-corrected chi connectivity index (χ4v) is 4.97. The first-order valence-corrected chi connectivity index (χ1v) is 11.0. The van der Waals surface area contributed by atoms with Gasteiger partial charge in [0.05, 0.1) is 29.4 Å². The third-order valence-corrected chi connectivity index (χ3v) is 6.65. The van der Waals surface area contributed by atoms with Crippen LogP contribution in [0.15, 0.2) is 65.8 Å². The lowest BCUT2D eigenvalue weighted by molar-refractivity contribution is 0.161. The molecular formula is C22H22FN3O3S. The molecule has 1 aliphatic rings. The molecule has 0 amide bonds. The van der Waals surface area contributed by atoms with E-state index >= 15 is 0 Å². The van der Waals surface area contributed by atoms with Crippen molar-refractivity contribution in [3.05, 3.63) is 78.0 Å². The Hall–Kier alpha value is -2.81. The molecule has 3 heterocycles. The van der Waals surface area contributed by atoms with Crippen molar-refractivity contribution in [2.24, 2.45) is 0 Å². The predicted molar refractivity (Wildman–Crippen MR) is 113 cm³/mol. The second-order valence-corrected chi connectivity index (χ2v) is 8.80. The molecule has 1 N–H and O–H groups in total. The molecule has 2 aromatic heterocycles. The van der Waals surface area contributed by atoms with Crippen LogP contribution >= 0.6 is 0 Å². The minimum absolute atomic E-state index is 0.131. The smallest absolute Gasteiger partial charge is 0.268 e. The summed E-state index contributed by atoms with van der Waals surface area (Å²) >= 11 is 0. The van der Waals surface area contributed by atoms with Gasteiger partial charge in [-0.25, -0.2) is 17.4 Å². The highest BCUT2D eigenvalue weighted by Crippen LogP contribution is 2.30. The lowest BCUT2D eigenvalue weighted by Gasteiger charge is -2.15. The van der Waals surface area contributed by atoms with E-state index in [2.05, 4.69) is 10.3 Å². The quantitative estimate of drug-likeness (QED) is 0.610. The Labute approximate surface area is 175 Å². The van der Waals surface area contributed by atoms with Gasteiger partial charge >= 0.3 is 0 Å². The highest BCUT2D eigenvalue weighted by Gasteiger charge is 2.24. The van der Waals surface area contributed by atoms with Crippen molar-refractivity contribution in [2.75, 3.05) is 20.3 Å². The van der Waals surface area contributed by atoms with E-state index in [0.717, 1.165) is 27.1 Å². The largest absolute Gasteiger partial charge is 0.377 e. The first-order chi connectivity index (χ1) is 14.5. The van der Waals surface area contributed by atoms with Gasteiger partial charge in [0.25, 0.3) is 10.0 Å². The van der Waals surface area contributed by atoms with E-state index in [0.29, 0.717) is 19.8 Å². The maximum Gasteiger partial charge on any atom is 0.268 e. The third kappa shape index (κ3) is 3.94. The van der Waals surface area contributed by atoms with Crippen molar-refractivity contribution in [2.45, 2.75) is 17.9 Å². The highest BCUT2D eigenvalue weighted by atomic mass is 32.2.